The fraction of sp³-hybridized carbons (Fsp3) is 0.118. The molecule has 0 spiro atoms. The molecule has 0 unspecified atom stereocenters. The number of hydrogen-bond donors (Lipinski definition) is 3. The average Bonchev–Trinajstić information content (AvgIpc) is 3.10. The zero-order chi connectivity index (χ0) is 20.3. The number of hydrogen-bond acceptors (Lipinski definition) is 7. The Kier molecular flexibility index (Phi) is 5.79. The summed E-state index contributed by atoms with van der Waals surface area (Å²) >= 11 is 1.16. The maximum atomic E-state index is 11.5. The lowest BCUT2D eigenvalue weighted by Gasteiger charge is -2.11. The molecule has 0 saturated heterocycles. The lowest BCUT2D eigenvalue weighted by Crippen LogP contribution is -2.31. The molecule has 28 heavy (non-hydrogen) atoms. The van der Waals surface area contributed by atoms with Crippen LogP contribution in [0.2, 0.25) is 0 Å². The number of hydrazine groups is 1. The highest BCUT2D eigenvalue weighted by molar-refractivity contribution is 7.99. The van der Waals surface area contributed by atoms with Crippen molar-refractivity contribution >= 4 is 27.7 Å². The van der Waals surface area contributed by atoms with Crippen LogP contribution in [0.4, 0.5) is 0 Å². The number of benzene rings is 2. The summed E-state index contributed by atoms with van der Waals surface area (Å²) in [6, 6.07) is 13.8. The second-order valence-corrected chi connectivity index (χ2v) is 8.41. The maximum absolute atomic E-state index is 11.5. The smallest absolute Gasteiger partial charge is 0.244 e. The molecule has 5 N–H and O–H groups in total. The van der Waals surface area contributed by atoms with Gasteiger partial charge in [-0.15, -0.1) is 10.2 Å². The molecule has 1 heterocycles. The molecular formula is C17H18N6O3S2. The van der Waals surface area contributed by atoms with Gasteiger partial charge in [-0.3, -0.25) is 14.8 Å². The molecular weight excluding hydrogens is 400 g/mol. The van der Waals surface area contributed by atoms with Crippen molar-refractivity contribution in [3.8, 4) is 17.1 Å². The van der Waals surface area contributed by atoms with Crippen LogP contribution in [0.5, 0.6) is 0 Å². The molecule has 2 aromatic carbocycles. The Bertz CT molecular complexity index is 1090. The van der Waals surface area contributed by atoms with E-state index < -0.39 is 10.0 Å². The van der Waals surface area contributed by atoms with Crippen LogP contribution in [-0.2, 0) is 14.8 Å². The van der Waals surface area contributed by atoms with Gasteiger partial charge in [0.25, 0.3) is 0 Å². The van der Waals surface area contributed by atoms with E-state index >= 15 is 0 Å². The fourth-order valence-corrected chi connectivity index (χ4v) is 3.72. The molecule has 11 heteroatoms. The van der Waals surface area contributed by atoms with Gasteiger partial charge in [0.2, 0.25) is 15.9 Å². The van der Waals surface area contributed by atoms with E-state index in [9.17, 15) is 13.2 Å². The van der Waals surface area contributed by atoms with Crippen LogP contribution < -0.4 is 16.4 Å². The minimum atomic E-state index is -3.80. The number of primary sulfonamides is 1. The largest absolute Gasteiger partial charge is 0.294 e. The first-order valence-corrected chi connectivity index (χ1v) is 10.6. The van der Waals surface area contributed by atoms with Gasteiger partial charge in [-0.25, -0.2) is 19.4 Å². The first-order valence-electron chi connectivity index (χ1n) is 8.07. The minimum Gasteiger partial charge on any atom is -0.294 e. The molecule has 3 aromatic rings. The summed E-state index contributed by atoms with van der Waals surface area (Å²) < 4.78 is 24.8. The Hall–Kier alpha value is -2.73. The zero-order valence-corrected chi connectivity index (χ0v) is 16.5. The van der Waals surface area contributed by atoms with Crippen molar-refractivity contribution in [2.24, 2.45) is 11.0 Å². The van der Waals surface area contributed by atoms with E-state index in [-0.39, 0.29) is 16.6 Å². The van der Waals surface area contributed by atoms with Gasteiger partial charge in [0.15, 0.2) is 11.0 Å². The van der Waals surface area contributed by atoms with Crippen LogP contribution in [0.3, 0.4) is 0 Å². The van der Waals surface area contributed by atoms with Crippen LogP contribution in [0.1, 0.15) is 5.56 Å². The molecule has 0 bridgehead atoms. The molecule has 0 atom stereocenters. The topological polar surface area (TPSA) is 146 Å². The lowest BCUT2D eigenvalue weighted by atomic mass is 10.1. The van der Waals surface area contributed by atoms with E-state index in [2.05, 4.69) is 15.6 Å². The molecule has 0 aliphatic rings. The molecule has 0 saturated carbocycles. The third kappa shape index (κ3) is 4.39. The Balaban J connectivity index is 2.08. The number of amides is 1. The highest BCUT2D eigenvalue weighted by Gasteiger charge is 2.18. The van der Waals surface area contributed by atoms with E-state index in [1.54, 1.807) is 16.7 Å². The standard InChI is InChI=1S/C17H18N6O3S2/c1-11-2-4-12(5-3-11)16-21-22-17(27-10-15(24)20-18)23(16)13-6-8-14(9-7-13)28(19,25)26/h2-9H,10,18H2,1H3,(H,20,24)(H2,19,25,26). The van der Waals surface area contributed by atoms with Gasteiger partial charge >= 0.3 is 0 Å². The summed E-state index contributed by atoms with van der Waals surface area (Å²) in [7, 11) is -3.80. The third-order valence-corrected chi connectivity index (χ3v) is 5.72. The highest BCUT2D eigenvalue weighted by Crippen LogP contribution is 2.28. The van der Waals surface area contributed by atoms with E-state index in [4.69, 9.17) is 11.0 Å². The number of aromatic nitrogens is 3. The maximum Gasteiger partial charge on any atom is 0.244 e. The van der Waals surface area contributed by atoms with Crippen molar-refractivity contribution in [3.05, 3.63) is 54.1 Å². The zero-order valence-electron chi connectivity index (χ0n) is 14.9. The van der Waals surface area contributed by atoms with Gasteiger partial charge in [0, 0.05) is 11.3 Å². The number of carbonyl (C=O) groups is 1. The van der Waals surface area contributed by atoms with Crippen molar-refractivity contribution in [1.29, 1.82) is 0 Å². The van der Waals surface area contributed by atoms with Crippen LogP contribution in [0.15, 0.2) is 58.6 Å². The van der Waals surface area contributed by atoms with Crippen molar-refractivity contribution in [2.75, 3.05) is 5.75 Å². The molecule has 3 rings (SSSR count). The number of sulfonamides is 1. The van der Waals surface area contributed by atoms with Gasteiger partial charge in [0.05, 0.1) is 10.6 Å². The third-order valence-electron chi connectivity index (χ3n) is 3.86. The SMILES string of the molecule is Cc1ccc(-c2nnc(SCC(=O)NN)n2-c2ccc(S(N)(=O)=O)cc2)cc1. The number of rotatable bonds is 6. The number of nitrogens with one attached hydrogen (secondary N) is 1. The second kappa shape index (κ2) is 8.10. The predicted octanol–water partition coefficient (Wildman–Crippen LogP) is 0.972. The van der Waals surface area contributed by atoms with Crippen LogP contribution >= 0.6 is 11.8 Å². The summed E-state index contributed by atoms with van der Waals surface area (Å²) in [5.74, 6) is 5.38. The summed E-state index contributed by atoms with van der Waals surface area (Å²) in [4.78, 5) is 11.5. The van der Waals surface area contributed by atoms with Crippen LogP contribution in [0.25, 0.3) is 17.1 Å². The van der Waals surface area contributed by atoms with Gasteiger partial charge in [-0.2, -0.15) is 0 Å². The normalized spacial score (nSPS) is 11.4. The van der Waals surface area contributed by atoms with Gasteiger partial charge in [-0.1, -0.05) is 41.6 Å². The van der Waals surface area contributed by atoms with Crippen molar-refractivity contribution in [3.63, 3.8) is 0 Å². The molecule has 0 radical (unpaired) electrons. The number of nitrogens with two attached hydrogens (primary N) is 2. The number of nitrogens with zero attached hydrogens (tertiary/aromatic N) is 3. The van der Waals surface area contributed by atoms with E-state index in [1.165, 1.54) is 12.1 Å². The van der Waals surface area contributed by atoms with E-state index in [0.29, 0.717) is 16.7 Å². The van der Waals surface area contributed by atoms with Crippen molar-refractivity contribution < 1.29 is 13.2 Å². The number of carbonyl (C=O) groups excluding carboxylic acids is 1. The molecule has 9 nitrogen and oxygen atoms in total. The lowest BCUT2D eigenvalue weighted by molar-refractivity contribution is -0.118. The Morgan fingerprint density at radius 3 is 2.32 bits per heavy atom. The first-order chi connectivity index (χ1) is 13.3. The average molecular weight is 419 g/mol. The summed E-state index contributed by atoms with van der Waals surface area (Å²) in [5.41, 5.74) is 4.62. The molecule has 0 fully saturated rings. The predicted molar refractivity (Wildman–Crippen MR) is 106 cm³/mol. The molecule has 146 valence electrons. The van der Waals surface area contributed by atoms with Crippen molar-refractivity contribution in [1.82, 2.24) is 20.2 Å². The molecule has 0 aliphatic carbocycles. The summed E-state index contributed by atoms with van der Waals surface area (Å²) in [6.07, 6.45) is 0. The number of aryl methyl sites for hydroxylation is 1. The number of thioether (sulfide) groups is 1. The summed E-state index contributed by atoms with van der Waals surface area (Å²) in [6.45, 7) is 1.98. The Morgan fingerprint density at radius 1 is 1.11 bits per heavy atom. The van der Waals surface area contributed by atoms with Gasteiger partial charge in [-0.05, 0) is 31.2 Å². The van der Waals surface area contributed by atoms with Crippen LogP contribution in [-0.4, -0.2) is 34.8 Å². The molecule has 1 aromatic heterocycles. The highest BCUT2D eigenvalue weighted by atomic mass is 32.2. The molecule has 0 aliphatic heterocycles. The fourth-order valence-electron chi connectivity index (χ4n) is 2.44. The Labute approximate surface area is 166 Å². The monoisotopic (exact) mass is 418 g/mol. The molecule has 1 amide bonds. The van der Waals surface area contributed by atoms with Gasteiger partial charge < -0.3 is 0 Å². The Morgan fingerprint density at radius 2 is 1.75 bits per heavy atom. The van der Waals surface area contributed by atoms with Crippen molar-refractivity contribution in [2.45, 2.75) is 17.0 Å². The van der Waals surface area contributed by atoms with E-state index in [0.717, 1.165) is 22.9 Å². The quantitative estimate of drug-likeness (QED) is 0.234. The van der Waals surface area contributed by atoms with E-state index in [1.807, 2.05) is 31.2 Å². The van der Waals surface area contributed by atoms with Crippen LogP contribution in [0, 0.1) is 6.92 Å². The second-order valence-electron chi connectivity index (χ2n) is 5.90. The first kappa shape index (κ1) is 20.0. The summed E-state index contributed by atoms with van der Waals surface area (Å²) in [5, 5.41) is 14.1. The minimum absolute atomic E-state index is 0.00192. The van der Waals surface area contributed by atoms with Gasteiger partial charge in [0.1, 0.15) is 0 Å².